The minimum Gasteiger partial charge on any atom is -0.472 e. The first-order valence-corrected chi connectivity index (χ1v) is 15.9. The van der Waals surface area contributed by atoms with Crippen LogP contribution < -0.4 is 5.32 Å². The van der Waals surface area contributed by atoms with Crippen LogP contribution in [0.3, 0.4) is 0 Å². The molecule has 3 heterocycles. The number of fused-ring (bicyclic) bond motifs is 1. The summed E-state index contributed by atoms with van der Waals surface area (Å²) in [6, 6.07) is 23.9. The minimum atomic E-state index is 0.0155. The number of halogens is 2. The second kappa shape index (κ2) is 13.9. The summed E-state index contributed by atoms with van der Waals surface area (Å²) in [4.78, 5) is 25.8. The number of aromatic amines is 1. The maximum absolute atomic E-state index is 13.1. The number of piperidine rings is 1. The van der Waals surface area contributed by atoms with Crippen LogP contribution in [0.5, 0.6) is 0 Å². The van der Waals surface area contributed by atoms with Crippen molar-refractivity contribution in [2.75, 3.05) is 38.5 Å². The number of para-hydroxylation sites is 1. The molecule has 1 fully saturated rings. The van der Waals surface area contributed by atoms with Crippen molar-refractivity contribution in [3.05, 3.63) is 118 Å². The van der Waals surface area contributed by atoms with E-state index in [1.54, 1.807) is 12.5 Å². The van der Waals surface area contributed by atoms with Crippen LogP contribution in [-0.2, 0) is 6.42 Å². The summed E-state index contributed by atoms with van der Waals surface area (Å²) in [5, 5.41) is 4.73. The molecule has 1 aliphatic heterocycles. The summed E-state index contributed by atoms with van der Waals surface area (Å²) in [5.74, 6) is 0.968. The van der Waals surface area contributed by atoms with Gasteiger partial charge in [0.15, 0.2) is 0 Å². The number of anilines is 1. The Kier molecular flexibility index (Phi) is 9.55. The van der Waals surface area contributed by atoms with Crippen LogP contribution in [0.2, 0.25) is 10.0 Å². The van der Waals surface area contributed by atoms with Crippen LogP contribution >= 0.6 is 23.2 Å². The first kappa shape index (κ1) is 30.3. The van der Waals surface area contributed by atoms with Crippen molar-refractivity contribution in [3.63, 3.8) is 0 Å². The fourth-order valence-corrected chi connectivity index (χ4v) is 6.40. The second-order valence-corrected chi connectivity index (χ2v) is 12.5. The Bertz CT molecular complexity index is 1680. The van der Waals surface area contributed by atoms with Gasteiger partial charge < -0.3 is 24.5 Å². The number of likely N-dealkylation sites (tertiary alicyclic amines) is 1. The van der Waals surface area contributed by atoms with Gasteiger partial charge in [-0.1, -0.05) is 59.6 Å². The quantitative estimate of drug-likeness (QED) is 0.155. The first-order chi connectivity index (χ1) is 21.4. The topological polar surface area (TPSA) is 77.4 Å². The van der Waals surface area contributed by atoms with E-state index in [4.69, 9.17) is 32.6 Å². The number of nitrogens with one attached hydrogen (secondary N) is 2. The van der Waals surface area contributed by atoms with E-state index in [1.165, 1.54) is 5.56 Å². The van der Waals surface area contributed by atoms with E-state index in [1.807, 2.05) is 66.5 Å². The third kappa shape index (κ3) is 7.29. The van der Waals surface area contributed by atoms with Gasteiger partial charge in [0.25, 0.3) is 5.91 Å². The molecule has 1 aliphatic rings. The number of benzene rings is 3. The summed E-state index contributed by atoms with van der Waals surface area (Å²) in [5.41, 5.74) is 6.14. The molecule has 1 amide bonds. The zero-order valence-corrected chi connectivity index (χ0v) is 26.3. The molecule has 0 aliphatic carbocycles. The van der Waals surface area contributed by atoms with Crippen molar-refractivity contribution < 1.29 is 9.21 Å². The lowest BCUT2D eigenvalue weighted by molar-refractivity contribution is 0.0782. The average molecular weight is 631 g/mol. The van der Waals surface area contributed by atoms with Crippen LogP contribution in [0.25, 0.3) is 11.0 Å². The molecule has 9 heteroatoms. The van der Waals surface area contributed by atoms with E-state index in [0.29, 0.717) is 28.2 Å². The normalized spacial score (nSPS) is 15.0. The average Bonchev–Trinajstić information content (AvgIpc) is 3.71. The Hall–Kier alpha value is -3.78. The monoisotopic (exact) mass is 629 g/mol. The minimum absolute atomic E-state index is 0.0155. The molecule has 44 heavy (non-hydrogen) atoms. The Morgan fingerprint density at radius 1 is 1.07 bits per heavy atom. The Labute approximate surface area is 268 Å². The highest BCUT2D eigenvalue weighted by Gasteiger charge is 2.24. The van der Waals surface area contributed by atoms with Gasteiger partial charge in [-0.3, -0.25) is 4.79 Å². The number of carbonyl (C=O) groups excluding carboxylic acids is 1. The second-order valence-electron chi connectivity index (χ2n) is 11.7. The van der Waals surface area contributed by atoms with Crippen molar-refractivity contribution in [1.82, 2.24) is 19.8 Å². The number of imidazole rings is 1. The maximum atomic E-state index is 13.1. The molecule has 3 aromatic carbocycles. The van der Waals surface area contributed by atoms with E-state index in [9.17, 15) is 4.79 Å². The highest BCUT2D eigenvalue weighted by Crippen LogP contribution is 2.30. The summed E-state index contributed by atoms with van der Waals surface area (Å²) in [6.07, 6.45) is 7.25. The van der Waals surface area contributed by atoms with Gasteiger partial charge in [0.2, 0.25) is 5.95 Å². The number of H-pyrrole nitrogens is 1. The zero-order valence-electron chi connectivity index (χ0n) is 24.8. The van der Waals surface area contributed by atoms with Crippen molar-refractivity contribution in [1.29, 1.82) is 0 Å². The Morgan fingerprint density at radius 2 is 1.89 bits per heavy atom. The van der Waals surface area contributed by atoms with Gasteiger partial charge in [-0.2, -0.15) is 0 Å². The molecule has 2 aromatic heterocycles. The van der Waals surface area contributed by atoms with Crippen molar-refractivity contribution in [2.45, 2.75) is 37.6 Å². The lowest BCUT2D eigenvalue weighted by Crippen LogP contribution is -2.40. The van der Waals surface area contributed by atoms with Gasteiger partial charge >= 0.3 is 0 Å². The molecule has 228 valence electrons. The molecule has 1 atom stereocenters. The molecule has 7 nitrogen and oxygen atoms in total. The van der Waals surface area contributed by atoms with Gasteiger partial charge in [-0.25, -0.2) is 4.98 Å². The predicted molar refractivity (Wildman–Crippen MR) is 178 cm³/mol. The van der Waals surface area contributed by atoms with Crippen LogP contribution in [0, 0.1) is 0 Å². The molecule has 5 aromatic rings. The number of likely N-dealkylation sites (N-methyl/N-ethyl adjacent to an activating group) is 1. The Balaban J connectivity index is 1.05. The number of furan rings is 1. The highest BCUT2D eigenvalue weighted by molar-refractivity contribution is 6.42. The lowest BCUT2D eigenvalue weighted by Gasteiger charge is -2.34. The molecule has 1 saturated heterocycles. The van der Waals surface area contributed by atoms with Gasteiger partial charge in [-0.05, 0) is 78.9 Å². The number of amides is 1. The van der Waals surface area contributed by atoms with Gasteiger partial charge in [0.05, 0.1) is 33.6 Å². The number of nitrogens with zero attached hydrogens (tertiary/aromatic N) is 3. The van der Waals surface area contributed by atoms with Crippen LogP contribution in [-0.4, -0.2) is 64.9 Å². The van der Waals surface area contributed by atoms with E-state index < -0.39 is 0 Å². The highest BCUT2D eigenvalue weighted by atomic mass is 35.5. The van der Waals surface area contributed by atoms with E-state index >= 15 is 0 Å². The number of rotatable bonds is 11. The smallest absolute Gasteiger partial charge is 0.253 e. The largest absolute Gasteiger partial charge is 0.472 e. The number of aromatic nitrogens is 2. The number of hydrogen-bond donors (Lipinski definition) is 2. The van der Waals surface area contributed by atoms with Crippen molar-refractivity contribution in [3.8, 4) is 0 Å². The van der Waals surface area contributed by atoms with Gasteiger partial charge in [0.1, 0.15) is 0 Å². The molecular formula is C35H37Cl2N5O2. The summed E-state index contributed by atoms with van der Waals surface area (Å²) >= 11 is 12.6. The zero-order chi connectivity index (χ0) is 30.5. The van der Waals surface area contributed by atoms with Crippen LogP contribution in [0.15, 0.2) is 89.7 Å². The molecule has 2 N–H and O–H groups in total. The molecule has 6 rings (SSSR count). The summed E-state index contributed by atoms with van der Waals surface area (Å²) in [7, 11) is 1.87. The third-order valence-electron chi connectivity index (χ3n) is 8.57. The summed E-state index contributed by atoms with van der Waals surface area (Å²) < 4.78 is 5.25. The lowest BCUT2D eigenvalue weighted by atomic mass is 9.94. The van der Waals surface area contributed by atoms with E-state index in [2.05, 4.69) is 33.4 Å². The molecule has 0 saturated carbocycles. The Morgan fingerprint density at radius 3 is 2.64 bits per heavy atom. The van der Waals surface area contributed by atoms with Crippen molar-refractivity contribution >= 4 is 46.1 Å². The molecule has 1 unspecified atom stereocenters. The fraction of sp³-hybridized carbons (Fsp3) is 0.314. The van der Waals surface area contributed by atoms with Crippen LogP contribution in [0.1, 0.15) is 52.2 Å². The van der Waals surface area contributed by atoms with E-state index in [0.717, 1.165) is 73.4 Å². The molecule has 0 bridgehead atoms. The molecule has 0 spiro atoms. The van der Waals surface area contributed by atoms with Gasteiger partial charge in [-0.15, -0.1) is 0 Å². The first-order valence-electron chi connectivity index (χ1n) is 15.2. The third-order valence-corrected chi connectivity index (χ3v) is 9.31. The van der Waals surface area contributed by atoms with Gasteiger partial charge in [0, 0.05) is 50.6 Å². The van der Waals surface area contributed by atoms with E-state index in [-0.39, 0.29) is 11.8 Å². The SMILES string of the molecule is CN(CC(CCN1CCC(Nc2nc3c(Cc4ccoc4)cccc3[nH]2)CC1)c1ccc(Cl)c(Cl)c1)C(=O)c1ccccc1. The number of carbonyl (C=O) groups is 1. The standard InChI is InChI=1S/C35H37Cl2N5O2/c1-41(34(43)25-6-3-2-4-7-25)22-28(26-10-11-30(36)31(37)21-26)12-16-42-17-13-29(14-18-42)38-35-39-32-9-5-8-27(33(32)40-35)20-24-15-19-44-23-24/h2-11,15,19,21,23,28-29H,12-14,16-18,20,22H2,1H3,(H2,38,39,40). The van der Waals surface area contributed by atoms with Crippen molar-refractivity contribution in [2.24, 2.45) is 0 Å². The maximum Gasteiger partial charge on any atom is 0.253 e. The number of hydrogen-bond acceptors (Lipinski definition) is 5. The summed E-state index contributed by atoms with van der Waals surface area (Å²) in [6.45, 7) is 3.53. The fourth-order valence-electron chi connectivity index (χ4n) is 6.09. The molecule has 0 radical (unpaired) electrons. The predicted octanol–water partition coefficient (Wildman–Crippen LogP) is 7.88. The van der Waals surface area contributed by atoms with Crippen LogP contribution in [0.4, 0.5) is 5.95 Å². The molecular weight excluding hydrogens is 593 g/mol.